The van der Waals surface area contributed by atoms with Crippen LogP contribution in [-0.4, -0.2) is 43.0 Å². The Morgan fingerprint density at radius 3 is 2.74 bits per heavy atom. The van der Waals surface area contributed by atoms with Crippen LogP contribution < -0.4 is 15.4 Å². The highest BCUT2D eigenvalue weighted by atomic mass is 16.5. The van der Waals surface area contributed by atoms with Crippen molar-refractivity contribution in [2.45, 2.75) is 45.1 Å². The molecule has 0 radical (unpaired) electrons. The van der Waals surface area contributed by atoms with Crippen molar-refractivity contribution in [2.24, 2.45) is 5.92 Å². The quantitative estimate of drug-likeness (QED) is 0.467. The third-order valence-corrected chi connectivity index (χ3v) is 5.10. The zero-order valence-corrected chi connectivity index (χ0v) is 15.8. The number of amides is 1. The number of unbranched alkanes of at least 4 members (excludes halogenated alkanes) is 1. The highest BCUT2D eigenvalue weighted by molar-refractivity contribution is 6.12. The summed E-state index contributed by atoms with van der Waals surface area (Å²) >= 11 is 0. The third-order valence-electron chi connectivity index (χ3n) is 5.10. The normalized spacial score (nSPS) is 20.5. The molecule has 1 amide bonds. The number of carbonyl (C=O) groups excluding carboxylic acids is 3. The molecule has 3 rings (SSSR count). The van der Waals surface area contributed by atoms with Crippen molar-refractivity contribution in [3.8, 4) is 5.75 Å². The minimum Gasteiger partial charge on any atom is -0.485 e. The van der Waals surface area contributed by atoms with E-state index in [0.717, 1.165) is 12.8 Å². The lowest BCUT2D eigenvalue weighted by atomic mass is 9.73. The van der Waals surface area contributed by atoms with Gasteiger partial charge in [0.2, 0.25) is 5.91 Å². The fourth-order valence-corrected chi connectivity index (χ4v) is 3.73. The molecule has 1 saturated heterocycles. The maximum atomic E-state index is 13.2. The number of carbonyl (C=O) groups is 3. The highest BCUT2D eigenvalue weighted by Gasteiger charge is 2.54. The second-order valence-electron chi connectivity index (χ2n) is 7.13. The molecule has 7 nitrogen and oxygen atoms in total. The number of esters is 1. The van der Waals surface area contributed by atoms with Gasteiger partial charge in [-0.15, -0.1) is 0 Å². The number of ketones is 1. The van der Waals surface area contributed by atoms with E-state index in [1.165, 1.54) is 6.92 Å². The zero-order chi connectivity index (χ0) is 19.4. The van der Waals surface area contributed by atoms with Crippen LogP contribution in [0, 0.1) is 5.92 Å². The Morgan fingerprint density at radius 1 is 1.33 bits per heavy atom. The summed E-state index contributed by atoms with van der Waals surface area (Å²) in [5.41, 5.74) is 0.000760. The smallest absolute Gasteiger partial charge is 0.321 e. The first-order chi connectivity index (χ1) is 13.0. The van der Waals surface area contributed by atoms with Crippen LogP contribution in [0.2, 0.25) is 0 Å². The average molecular weight is 374 g/mol. The molecule has 1 atom stereocenters. The van der Waals surface area contributed by atoms with E-state index in [9.17, 15) is 14.4 Å². The number of ether oxygens (including phenoxy) is 2. The van der Waals surface area contributed by atoms with Crippen LogP contribution in [0.15, 0.2) is 18.2 Å². The predicted molar refractivity (Wildman–Crippen MR) is 99.9 cm³/mol. The molecule has 1 spiro atoms. The molecular weight excluding hydrogens is 348 g/mol. The van der Waals surface area contributed by atoms with E-state index in [4.69, 9.17) is 9.47 Å². The number of hydrogen-bond donors (Lipinski definition) is 2. The van der Waals surface area contributed by atoms with E-state index in [1.807, 2.05) is 6.92 Å². The molecule has 7 heteroatoms. The summed E-state index contributed by atoms with van der Waals surface area (Å²) in [6.45, 7) is 5.06. The van der Waals surface area contributed by atoms with Crippen molar-refractivity contribution in [1.82, 2.24) is 5.32 Å². The van der Waals surface area contributed by atoms with Crippen LogP contribution in [0.5, 0.6) is 5.75 Å². The van der Waals surface area contributed by atoms with Crippen LogP contribution in [0.1, 0.15) is 49.9 Å². The van der Waals surface area contributed by atoms with Gasteiger partial charge in [0.15, 0.2) is 11.7 Å². The van der Waals surface area contributed by atoms with Gasteiger partial charge in [-0.05, 0) is 31.6 Å². The SMILES string of the molecule is CCCCOC(=O)C1C(=O)c2ccc(NC(C)=O)cc2OC12CCNCC2. The minimum absolute atomic E-state index is 0.203. The van der Waals surface area contributed by atoms with Crippen LogP contribution >= 0.6 is 0 Å². The first-order valence-corrected chi connectivity index (χ1v) is 9.49. The Labute approximate surface area is 158 Å². The number of benzene rings is 1. The molecule has 1 unspecified atom stereocenters. The van der Waals surface area contributed by atoms with Gasteiger partial charge in [0.1, 0.15) is 11.4 Å². The van der Waals surface area contributed by atoms with Crippen molar-refractivity contribution in [3.63, 3.8) is 0 Å². The summed E-state index contributed by atoms with van der Waals surface area (Å²) in [6, 6.07) is 4.89. The van der Waals surface area contributed by atoms with Crippen LogP contribution in [0.3, 0.4) is 0 Å². The Kier molecular flexibility index (Phi) is 5.79. The number of anilines is 1. The Bertz CT molecular complexity index is 740. The number of rotatable bonds is 5. The van der Waals surface area contributed by atoms with Gasteiger partial charge in [-0.2, -0.15) is 0 Å². The van der Waals surface area contributed by atoms with Crippen molar-refractivity contribution in [2.75, 3.05) is 25.0 Å². The lowest BCUT2D eigenvalue weighted by molar-refractivity contribution is -0.156. The van der Waals surface area contributed by atoms with Crippen molar-refractivity contribution in [3.05, 3.63) is 23.8 Å². The zero-order valence-electron chi connectivity index (χ0n) is 15.8. The largest absolute Gasteiger partial charge is 0.485 e. The van der Waals surface area contributed by atoms with E-state index in [-0.39, 0.29) is 11.7 Å². The molecule has 1 fully saturated rings. The molecule has 2 aliphatic rings. The summed E-state index contributed by atoms with van der Waals surface area (Å²) in [5.74, 6) is -1.53. The van der Waals surface area contributed by atoms with Gasteiger partial charge in [-0.1, -0.05) is 13.3 Å². The summed E-state index contributed by atoms with van der Waals surface area (Å²) < 4.78 is 11.7. The number of Topliss-reactive ketones (excluding diaryl/α,β-unsaturated/α-hetero) is 1. The molecule has 0 aliphatic carbocycles. The van der Waals surface area contributed by atoms with E-state index in [2.05, 4.69) is 10.6 Å². The summed E-state index contributed by atoms with van der Waals surface area (Å²) in [6.07, 6.45) is 2.75. The van der Waals surface area contributed by atoms with E-state index >= 15 is 0 Å². The maximum Gasteiger partial charge on any atom is 0.321 e. The molecule has 27 heavy (non-hydrogen) atoms. The third kappa shape index (κ3) is 3.98. The number of nitrogens with one attached hydrogen (secondary N) is 2. The van der Waals surface area contributed by atoms with Gasteiger partial charge in [0.05, 0.1) is 12.2 Å². The van der Waals surface area contributed by atoms with Gasteiger partial charge in [-0.3, -0.25) is 14.4 Å². The Balaban J connectivity index is 1.94. The predicted octanol–water partition coefficient (Wildman–Crippen LogP) is 2.30. The standard InChI is InChI=1S/C20H26N2O5/c1-3-4-11-26-19(25)17-18(24)15-6-5-14(22-13(2)23)12-16(15)27-20(17)7-9-21-10-8-20/h5-6,12,17,21H,3-4,7-11H2,1-2H3,(H,22,23). The Morgan fingerprint density at radius 2 is 2.07 bits per heavy atom. The van der Waals surface area contributed by atoms with Gasteiger partial charge >= 0.3 is 5.97 Å². The molecule has 2 aliphatic heterocycles. The molecule has 2 N–H and O–H groups in total. The summed E-state index contributed by atoms with van der Waals surface area (Å²) in [4.78, 5) is 37.3. The lowest BCUT2D eigenvalue weighted by Gasteiger charge is -2.45. The van der Waals surface area contributed by atoms with Gasteiger partial charge in [-0.25, -0.2) is 0 Å². The second kappa shape index (κ2) is 8.08. The Hall–Kier alpha value is -2.41. The molecule has 2 heterocycles. The van der Waals surface area contributed by atoms with Crippen LogP contribution in [0.4, 0.5) is 5.69 Å². The molecule has 0 bridgehead atoms. The van der Waals surface area contributed by atoms with Crippen LogP contribution in [-0.2, 0) is 14.3 Å². The summed E-state index contributed by atoms with van der Waals surface area (Å²) in [5, 5.41) is 5.94. The first-order valence-electron chi connectivity index (χ1n) is 9.49. The topological polar surface area (TPSA) is 93.7 Å². The fraction of sp³-hybridized carbons (Fsp3) is 0.550. The lowest BCUT2D eigenvalue weighted by Crippen LogP contribution is -2.58. The van der Waals surface area contributed by atoms with E-state index in [0.29, 0.717) is 49.5 Å². The van der Waals surface area contributed by atoms with Gasteiger partial charge in [0.25, 0.3) is 0 Å². The molecular formula is C20H26N2O5. The van der Waals surface area contributed by atoms with Crippen molar-refractivity contribution in [1.29, 1.82) is 0 Å². The first kappa shape index (κ1) is 19.4. The molecule has 1 aromatic rings. The van der Waals surface area contributed by atoms with E-state index < -0.39 is 17.5 Å². The monoisotopic (exact) mass is 374 g/mol. The molecule has 0 aromatic heterocycles. The molecule has 146 valence electrons. The van der Waals surface area contributed by atoms with Crippen LogP contribution in [0.25, 0.3) is 0 Å². The van der Waals surface area contributed by atoms with Crippen molar-refractivity contribution >= 4 is 23.3 Å². The molecule has 0 saturated carbocycles. The molecule has 1 aromatic carbocycles. The maximum absolute atomic E-state index is 13.2. The minimum atomic E-state index is -0.962. The number of hydrogen-bond acceptors (Lipinski definition) is 6. The average Bonchev–Trinajstić information content (AvgIpc) is 2.62. The van der Waals surface area contributed by atoms with Gasteiger partial charge < -0.3 is 20.1 Å². The van der Waals surface area contributed by atoms with Gasteiger partial charge in [0, 0.05) is 31.5 Å². The number of fused-ring (bicyclic) bond motifs is 1. The van der Waals surface area contributed by atoms with E-state index in [1.54, 1.807) is 18.2 Å². The highest BCUT2D eigenvalue weighted by Crippen LogP contribution is 2.43. The summed E-state index contributed by atoms with van der Waals surface area (Å²) in [7, 11) is 0. The number of piperidine rings is 1. The van der Waals surface area contributed by atoms with Crippen molar-refractivity contribution < 1.29 is 23.9 Å². The fourth-order valence-electron chi connectivity index (χ4n) is 3.73. The second-order valence-corrected chi connectivity index (χ2v) is 7.13.